The zero-order valence-electron chi connectivity index (χ0n) is 9.85. The van der Waals surface area contributed by atoms with Crippen molar-refractivity contribution in [3.8, 4) is 5.75 Å². The van der Waals surface area contributed by atoms with Crippen molar-refractivity contribution in [2.45, 2.75) is 6.04 Å². The highest BCUT2D eigenvalue weighted by Crippen LogP contribution is 2.33. The lowest BCUT2D eigenvalue weighted by atomic mass is 10.1. The maximum Gasteiger partial charge on any atom is 0.251 e. The summed E-state index contributed by atoms with van der Waals surface area (Å²) in [5.74, 6) is -0.457. The van der Waals surface area contributed by atoms with Gasteiger partial charge in [0, 0.05) is 16.9 Å². The monoisotopic (exact) mass is 258 g/mol. The number of benzene rings is 2. The molecule has 1 heterocycles. The number of anilines is 2. The van der Waals surface area contributed by atoms with E-state index >= 15 is 0 Å². The first-order valence-electron chi connectivity index (χ1n) is 5.79. The van der Waals surface area contributed by atoms with Crippen LogP contribution in [0, 0.1) is 5.82 Å². The molecule has 2 aromatic carbocycles. The maximum atomic E-state index is 13.1. The van der Waals surface area contributed by atoms with Crippen LogP contribution in [0.25, 0.3) is 0 Å². The largest absolute Gasteiger partial charge is 0.508 e. The number of hydrogen-bond acceptors (Lipinski definition) is 3. The third-order valence-corrected chi connectivity index (χ3v) is 3.02. The Kier molecular flexibility index (Phi) is 2.59. The van der Waals surface area contributed by atoms with Gasteiger partial charge in [-0.2, -0.15) is 0 Å². The number of fused-ring (bicyclic) bond motifs is 1. The van der Waals surface area contributed by atoms with Crippen molar-refractivity contribution in [1.29, 1.82) is 0 Å². The molecule has 0 radical (unpaired) electrons. The molecule has 4 nitrogen and oxygen atoms in total. The number of phenolic OH excluding ortho intramolecular Hbond substituents is 1. The van der Waals surface area contributed by atoms with Crippen molar-refractivity contribution in [3.05, 3.63) is 53.8 Å². The fourth-order valence-corrected chi connectivity index (χ4v) is 2.10. The summed E-state index contributed by atoms with van der Waals surface area (Å²) in [5, 5.41) is 14.9. The molecule has 0 saturated heterocycles. The highest BCUT2D eigenvalue weighted by molar-refractivity contribution is 6.04. The minimum absolute atomic E-state index is 0.156. The number of phenols is 1. The van der Waals surface area contributed by atoms with Gasteiger partial charge in [0.15, 0.2) is 0 Å². The van der Waals surface area contributed by atoms with Gasteiger partial charge in [-0.25, -0.2) is 4.39 Å². The number of aromatic hydroxyl groups is 1. The minimum Gasteiger partial charge on any atom is -0.508 e. The molecule has 1 unspecified atom stereocenters. The summed E-state index contributed by atoms with van der Waals surface area (Å²) in [5.41, 5.74) is 1.90. The molecule has 19 heavy (non-hydrogen) atoms. The van der Waals surface area contributed by atoms with Crippen molar-refractivity contribution < 1.29 is 14.3 Å². The zero-order valence-corrected chi connectivity index (χ0v) is 9.85. The number of amides is 1. The van der Waals surface area contributed by atoms with E-state index in [-0.39, 0.29) is 17.5 Å². The summed E-state index contributed by atoms with van der Waals surface area (Å²) in [4.78, 5) is 11.9. The molecular weight excluding hydrogens is 247 g/mol. The van der Waals surface area contributed by atoms with E-state index < -0.39 is 6.04 Å². The van der Waals surface area contributed by atoms with Crippen molar-refractivity contribution in [1.82, 2.24) is 0 Å². The third kappa shape index (κ3) is 2.10. The van der Waals surface area contributed by atoms with Crippen LogP contribution in [0.5, 0.6) is 5.75 Å². The predicted octanol–water partition coefficient (Wildman–Crippen LogP) is 2.64. The number of halogens is 1. The molecule has 1 aliphatic heterocycles. The molecule has 5 heteroatoms. The Bertz CT molecular complexity index is 640. The van der Waals surface area contributed by atoms with Gasteiger partial charge >= 0.3 is 0 Å². The highest BCUT2D eigenvalue weighted by Gasteiger charge is 2.30. The van der Waals surface area contributed by atoms with Gasteiger partial charge in [0.2, 0.25) is 0 Å². The molecular formula is C14H11FN2O2. The third-order valence-electron chi connectivity index (χ3n) is 3.02. The predicted molar refractivity (Wildman–Crippen MR) is 69.5 cm³/mol. The van der Waals surface area contributed by atoms with E-state index in [0.717, 1.165) is 0 Å². The van der Waals surface area contributed by atoms with Crippen LogP contribution < -0.4 is 10.6 Å². The Morgan fingerprint density at radius 2 is 1.89 bits per heavy atom. The number of rotatable bonds is 2. The van der Waals surface area contributed by atoms with Crippen LogP contribution >= 0.6 is 0 Å². The summed E-state index contributed by atoms with van der Waals surface area (Å²) in [7, 11) is 0. The van der Waals surface area contributed by atoms with E-state index in [1.165, 1.54) is 24.3 Å². The van der Waals surface area contributed by atoms with Crippen LogP contribution in [-0.4, -0.2) is 11.0 Å². The van der Waals surface area contributed by atoms with Gasteiger partial charge in [-0.15, -0.1) is 0 Å². The van der Waals surface area contributed by atoms with Gasteiger partial charge in [0.1, 0.15) is 17.6 Å². The van der Waals surface area contributed by atoms with Crippen LogP contribution in [0.1, 0.15) is 11.6 Å². The summed E-state index contributed by atoms with van der Waals surface area (Å²) in [6.45, 7) is 0. The second-order valence-corrected chi connectivity index (χ2v) is 4.35. The van der Waals surface area contributed by atoms with Crippen molar-refractivity contribution in [2.75, 3.05) is 10.6 Å². The van der Waals surface area contributed by atoms with Gasteiger partial charge in [-0.1, -0.05) is 6.07 Å². The fraction of sp³-hybridized carbons (Fsp3) is 0.0714. The SMILES string of the molecule is O=C1Nc2cc(F)ccc2C1Nc1ccc(O)cc1. The summed E-state index contributed by atoms with van der Waals surface area (Å²) in [6, 6.07) is 10.0. The normalized spacial score (nSPS) is 16.9. The molecule has 2 aromatic rings. The molecule has 0 aliphatic carbocycles. The van der Waals surface area contributed by atoms with Crippen LogP contribution in [0.4, 0.5) is 15.8 Å². The molecule has 0 fully saturated rings. The molecule has 0 aromatic heterocycles. The first-order valence-corrected chi connectivity index (χ1v) is 5.79. The molecule has 1 amide bonds. The Morgan fingerprint density at radius 3 is 2.63 bits per heavy atom. The fourth-order valence-electron chi connectivity index (χ4n) is 2.10. The Morgan fingerprint density at radius 1 is 1.16 bits per heavy atom. The smallest absolute Gasteiger partial charge is 0.251 e. The standard InChI is InChI=1S/C14H11FN2O2/c15-8-1-6-11-12(7-8)17-14(19)13(11)16-9-2-4-10(18)5-3-9/h1-7,13,16,18H,(H,17,19). The van der Waals surface area contributed by atoms with Gasteiger partial charge in [0.25, 0.3) is 5.91 Å². The van der Waals surface area contributed by atoms with E-state index in [1.807, 2.05) is 0 Å². The van der Waals surface area contributed by atoms with Crippen LogP contribution in [0.3, 0.4) is 0 Å². The van der Waals surface area contributed by atoms with Gasteiger partial charge in [-0.05, 0) is 36.4 Å². The molecule has 0 bridgehead atoms. The van der Waals surface area contributed by atoms with Gasteiger partial charge in [-0.3, -0.25) is 4.79 Å². The Hall–Kier alpha value is -2.56. The summed E-state index contributed by atoms with van der Waals surface area (Å²) < 4.78 is 13.1. The molecule has 0 saturated carbocycles. The quantitative estimate of drug-likeness (QED) is 0.726. The lowest BCUT2D eigenvalue weighted by Crippen LogP contribution is -2.19. The molecule has 0 spiro atoms. The number of carbonyl (C=O) groups is 1. The molecule has 1 aliphatic rings. The van der Waals surface area contributed by atoms with Crippen molar-refractivity contribution in [2.24, 2.45) is 0 Å². The van der Waals surface area contributed by atoms with Crippen LogP contribution in [0.15, 0.2) is 42.5 Å². The van der Waals surface area contributed by atoms with Crippen LogP contribution in [0.2, 0.25) is 0 Å². The summed E-state index contributed by atoms with van der Waals surface area (Å²) >= 11 is 0. The van der Waals surface area contributed by atoms with Crippen molar-refractivity contribution >= 4 is 17.3 Å². The van der Waals surface area contributed by atoms with E-state index in [0.29, 0.717) is 16.9 Å². The Balaban J connectivity index is 1.90. The maximum absolute atomic E-state index is 13.1. The number of hydrogen-bond donors (Lipinski definition) is 3. The average Bonchev–Trinajstić information content (AvgIpc) is 2.68. The first-order chi connectivity index (χ1) is 9.13. The van der Waals surface area contributed by atoms with E-state index in [1.54, 1.807) is 18.2 Å². The lowest BCUT2D eigenvalue weighted by Gasteiger charge is -2.12. The molecule has 1 atom stereocenters. The Labute approximate surface area is 108 Å². The molecule has 3 rings (SSSR count). The average molecular weight is 258 g/mol. The first kappa shape index (κ1) is 11.5. The number of nitrogens with one attached hydrogen (secondary N) is 2. The van der Waals surface area contributed by atoms with Crippen molar-refractivity contribution in [3.63, 3.8) is 0 Å². The second kappa shape index (κ2) is 4.28. The second-order valence-electron chi connectivity index (χ2n) is 4.35. The molecule has 3 N–H and O–H groups in total. The van der Waals surface area contributed by atoms with Gasteiger partial charge in [0.05, 0.1) is 0 Å². The lowest BCUT2D eigenvalue weighted by molar-refractivity contribution is -0.116. The molecule has 96 valence electrons. The van der Waals surface area contributed by atoms with E-state index in [4.69, 9.17) is 0 Å². The van der Waals surface area contributed by atoms with Crippen LogP contribution in [-0.2, 0) is 4.79 Å². The minimum atomic E-state index is -0.555. The van der Waals surface area contributed by atoms with E-state index in [2.05, 4.69) is 10.6 Å². The number of carbonyl (C=O) groups excluding carboxylic acids is 1. The zero-order chi connectivity index (χ0) is 13.4. The topological polar surface area (TPSA) is 61.4 Å². The van der Waals surface area contributed by atoms with E-state index in [9.17, 15) is 14.3 Å². The highest BCUT2D eigenvalue weighted by atomic mass is 19.1. The summed E-state index contributed by atoms with van der Waals surface area (Å²) in [6.07, 6.45) is 0. The van der Waals surface area contributed by atoms with Gasteiger partial charge < -0.3 is 15.7 Å².